The van der Waals surface area contributed by atoms with Crippen LogP contribution < -0.4 is 5.32 Å². The van der Waals surface area contributed by atoms with Crippen molar-refractivity contribution in [2.24, 2.45) is 0 Å². The highest BCUT2D eigenvalue weighted by Crippen LogP contribution is 2.14. The monoisotopic (exact) mass is 280 g/mol. The third-order valence-electron chi connectivity index (χ3n) is 3.58. The van der Waals surface area contributed by atoms with Crippen molar-refractivity contribution in [2.75, 3.05) is 7.11 Å². The molecule has 0 saturated carbocycles. The van der Waals surface area contributed by atoms with E-state index in [9.17, 15) is 0 Å². The molecule has 21 heavy (non-hydrogen) atoms. The summed E-state index contributed by atoms with van der Waals surface area (Å²) in [6.07, 6.45) is 1.98. The summed E-state index contributed by atoms with van der Waals surface area (Å²) in [5.41, 5.74) is 4.99. The summed E-state index contributed by atoms with van der Waals surface area (Å²) in [7, 11) is 1.72. The second-order valence-electron chi connectivity index (χ2n) is 5.26. The van der Waals surface area contributed by atoms with Crippen molar-refractivity contribution in [1.29, 1.82) is 0 Å². The number of fused-ring (bicyclic) bond motifs is 1. The number of rotatable bonds is 6. The van der Waals surface area contributed by atoms with E-state index < -0.39 is 0 Å². The SMILES string of the molecule is COCc1cccc(CNCc2ccc3[nH]ccc3c2)c1. The van der Waals surface area contributed by atoms with Crippen LogP contribution in [0.25, 0.3) is 10.9 Å². The second-order valence-corrected chi connectivity index (χ2v) is 5.26. The maximum atomic E-state index is 5.17. The average molecular weight is 280 g/mol. The zero-order valence-corrected chi connectivity index (χ0v) is 12.2. The summed E-state index contributed by atoms with van der Waals surface area (Å²) in [6, 6.07) is 17.1. The van der Waals surface area contributed by atoms with Crippen molar-refractivity contribution in [2.45, 2.75) is 19.7 Å². The quantitative estimate of drug-likeness (QED) is 0.724. The Morgan fingerprint density at radius 3 is 2.62 bits per heavy atom. The van der Waals surface area contributed by atoms with Gasteiger partial charge in [0.15, 0.2) is 0 Å². The molecule has 0 amide bonds. The second kappa shape index (κ2) is 6.57. The average Bonchev–Trinajstić information content (AvgIpc) is 2.96. The molecule has 0 atom stereocenters. The van der Waals surface area contributed by atoms with Gasteiger partial charge in [0.05, 0.1) is 6.61 Å². The first-order valence-electron chi connectivity index (χ1n) is 7.18. The Bertz CT molecular complexity index is 718. The Hall–Kier alpha value is -2.10. The number of hydrogen-bond acceptors (Lipinski definition) is 2. The molecule has 108 valence electrons. The van der Waals surface area contributed by atoms with E-state index in [1.54, 1.807) is 7.11 Å². The van der Waals surface area contributed by atoms with Crippen molar-refractivity contribution in [3.63, 3.8) is 0 Å². The van der Waals surface area contributed by atoms with Gasteiger partial charge in [-0.1, -0.05) is 30.3 Å². The predicted octanol–water partition coefficient (Wildman–Crippen LogP) is 3.60. The van der Waals surface area contributed by atoms with Crippen molar-refractivity contribution >= 4 is 10.9 Å². The lowest BCUT2D eigenvalue weighted by molar-refractivity contribution is 0.185. The molecule has 2 aromatic carbocycles. The van der Waals surface area contributed by atoms with Crippen molar-refractivity contribution in [3.8, 4) is 0 Å². The van der Waals surface area contributed by atoms with E-state index in [0.29, 0.717) is 6.61 Å². The highest BCUT2D eigenvalue weighted by molar-refractivity contribution is 5.79. The van der Waals surface area contributed by atoms with E-state index >= 15 is 0 Å². The molecule has 0 unspecified atom stereocenters. The predicted molar refractivity (Wildman–Crippen MR) is 86.0 cm³/mol. The zero-order chi connectivity index (χ0) is 14.5. The van der Waals surface area contributed by atoms with E-state index in [4.69, 9.17) is 4.74 Å². The fourth-order valence-electron chi connectivity index (χ4n) is 2.56. The Labute approximate surface area is 125 Å². The maximum Gasteiger partial charge on any atom is 0.0713 e. The van der Waals surface area contributed by atoms with Gasteiger partial charge in [-0.05, 0) is 40.3 Å². The van der Waals surface area contributed by atoms with Crippen molar-refractivity contribution in [1.82, 2.24) is 10.3 Å². The smallest absolute Gasteiger partial charge is 0.0713 e. The first-order chi connectivity index (χ1) is 10.3. The third kappa shape index (κ3) is 3.51. The Balaban J connectivity index is 1.58. The molecular formula is C18H20N2O. The summed E-state index contributed by atoms with van der Waals surface area (Å²) in [5.74, 6) is 0. The van der Waals surface area contributed by atoms with E-state index in [1.165, 1.54) is 27.6 Å². The lowest BCUT2D eigenvalue weighted by atomic mass is 10.1. The largest absolute Gasteiger partial charge is 0.380 e. The highest BCUT2D eigenvalue weighted by atomic mass is 16.5. The number of hydrogen-bond donors (Lipinski definition) is 2. The summed E-state index contributed by atoms with van der Waals surface area (Å²) in [5, 5.41) is 4.75. The lowest BCUT2D eigenvalue weighted by Crippen LogP contribution is -2.12. The first-order valence-corrected chi connectivity index (χ1v) is 7.18. The van der Waals surface area contributed by atoms with Gasteiger partial charge in [-0.15, -0.1) is 0 Å². The molecule has 3 rings (SSSR count). The van der Waals surface area contributed by atoms with Gasteiger partial charge >= 0.3 is 0 Å². The van der Waals surface area contributed by atoms with Crippen LogP contribution >= 0.6 is 0 Å². The lowest BCUT2D eigenvalue weighted by Gasteiger charge is -2.07. The molecular weight excluding hydrogens is 260 g/mol. The standard InChI is InChI=1S/C18H20N2O/c1-21-13-16-4-2-3-14(9-16)11-19-12-15-5-6-18-17(10-15)7-8-20-18/h2-10,19-20H,11-13H2,1H3. The Morgan fingerprint density at radius 1 is 0.952 bits per heavy atom. The summed E-state index contributed by atoms with van der Waals surface area (Å²) >= 11 is 0. The van der Waals surface area contributed by atoms with Gasteiger partial charge in [0.25, 0.3) is 0 Å². The van der Waals surface area contributed by atoms with E-state index in [2.05, 4.69) is 58.8 Å². The molecule has 0 aliphatic heterocycles. The molecule has 1 heterocycles. The van der Waals surface area contributed by atoms with E-state index in [-0.39, 0.29) is 0 Å². The van der Waals surface area contributed by atoms with Crippen molar-refractivity contribution in [3.05, 3.63) is 71.4 Å². The molecule has 0 fully saturated rings. The van der Waals surface area contributed by atoms with Crippen LogP contribution in [0.3, 0.4) is 0 Å². The minimum atomic E-state index is 0.665. The summed E-state index contributed by atoms with van der Waals surface area (Å²) in [4.78, 5) is 3.21. The number of nitrogens with one attached hydrogen (secondary N) is 2. The normalized spacial score (nSPS) is 11.1. The molecule has 0 spiro atoms. The molecule has 0 bridgehead atoms. The van der Waals surface area contributed by atoms with Gasteiger partial charge in [-0.25, -0.2) is 0 Å². The zero-order valence-electron chi connectivity index (χ0n) is 12.2. The van der Waals surface area contributed by atoms with Crippen LogP contribution in [0.15, 0.2) is 54.7 Å². The minimum absolute atomic E-state index is 0.665. The molecule has 2 N–H and O–H groups in total. The molecule has 0 aliphatic rings. The van der Waals surface area contributed by atoms with Crippen LogP contribution in [0.5, 0.6) is 0 Å². The Kier molecular flexibility index (Phi) is 4.34. The number of methoxy groups -OCH3 is 1. The van der Waals surface area contributed by atoms with E-state index in [0.717, 1.165) is 13.1 Å². The highest BCUT2D eigenvalue weighted by Gasteiger charge is 1.99. The van der Waals surface area contributed by atoms with Crippen LogP contribution in [0.4, 0.5) is 0 Å². The van der Waals surface area contributed by atoms with E-state index in [1.807, 2.05) is 6.20 Å². The van der Waals surface area contributed by atoms with Gasteiger partial charge in [0.2, 0.25) is 0 Å². The van der Waals surface area contributed by atoms with Crippen LogP contribution in [-0.2, 0) is 24.4 Å². The first kappa shape index (κ1) is 13.9. The minimum Gasteiger partial charge on any atom is -0.380 e. The van der Waals surface area contributed by atoms with Gasteiger partial charge in [-0.2, -0.15) is 0 Å². The van der Waals surface area contributed by atoms with Gasteiger partial charge < -0.3 is 15.0 Å². The molecule has 0 radical (unpaired) electrons. The molecule has 3 aromatic rings. The van der Waals surface area contributed by atoms with Crippen molar-refractivity contribution < 1.29 is 4.74 Å². The van der Waals surface area contributed by atoms with Gasteiger partial charge in [0.1, 0.15) is 0 Å². The molecule has 3 heteroatoms. The summed E-state index contributed by atoms with van der Waals surface area (Å²) < 4.78 is 5.17. The fourth-order valence-corrected chi connectivity index (χ4v) is 2.56. The summed E-state index contributed by atoms with van der Waals surface area (Å²) in [6.45, 7) is 2.40. The molecule has 3 nitrogen and oxygen atoms in total. The third-order valence-corrected chi connectivity index (χ3v) is 3.58. The molecule has 1 aromatic heterocycles. The maximum absolute atomic E-state index is 5.17. The number of aromatic amines is 1. The van der Waals surface area contributed by atoms with Crippen LogP contribution in [0.2, 0.25) is 0 Å². The van der Waals surface area contributed by atoms with Gasteiger partial charge in [-0.3, -0.25) is 0 Å². The molecule has 0 saturated heterocycles. The Morgan fingerprint density at radius 2 is 1.76 bits per heavy atom. The number of H-pyrrole nitrogens is 1. The number of aromatic nitrogens is 1. The van der Waals surface area contributed by atoms with Crippen LogP contribution in [0.1, 0.15) is 16.7 Å². The molecule has 0 aliphatic carbocycles. The topological polar surface area (TPSA) is 37.0 Å². The number of ether oxygens (including phenoxy) is 1. The van der Waals surface area contributed by atoms with Crippen LogP contribution in [-0.4, -0.2) is 12.1 Å². The fraction of sp³-hybridized carbons (Fsp3) is 0.222. The van der Waals surface area contributed by atoms with Gasteiger partial charge in [0, 0.05) is 31.9 Å². The number of benzene rings is 2. The van der Waals surface area contributed by atoms with Crippen LogP contribution in [0, 0.1) is 0 Å².